The number of aromatic nitrogens is 1. The van der Waals surface area contributed by atoms with Gasteiger partial charge < -0.3 is 14.5 Å². The molecule has 1 amide bonds. The van der Waals surface area contributed by atoms with Gasteiger partial charge in [-0.15, -0.1) is 0 Å². The second kappa shape index (κ2) is 6.81. The van der Waals surface area contributed by atoms with Crippen LogP contribution in [0.15, 0.2) is 65.3 Å². The van der Waals surface area contributed by atoms with E-state index >= 15 is 0 Å². The number of benzene rings is 2. The molecule has 1 atom stereocenters. The van der Waals surface area contributed by atoms with Crippen LogP contribution in [0.25, 0.3) is 11.5 Å². The minimum absolute atomic E-state index is 0.0152. The summed E-state index contributed by atoms with van der Waals surface area (Å²) in [6, 6.07) is 17.6. The number of nitrogens with zero attached hydrogens (tertiary/aromatic N) is 1. The van der Waals surface area contributed by atoms with Gasteiger partial charge in [-0.1, -0.05) is 36.4 Å². The first-order chi connectivity index (χ1) is 12.3. The standard InChI is InChI=1S/C20H18N2O3/c23-19(21-12-17-10-15-8-4-5-9-18(15)25-17)11-16-13-24-20(22-16)14-6-2-1-3-7-14/h1-9,13,17H,10-12H2,(H,21,23)/t17-/m1/s1. The van der Waals surface area contributed by atoms with E-state index < -0.39 is 0 Å². The van der Waals surface area contributed by atoms with Crippen molar-refractivity contribution in [2.45, 2.75) is 18.9 Å². The van der Waals surface area contributed by atoms with Gasteiger partial charge >= 0.3 is 0 Å². The molecule has 0 spiro atoms. The van der Waals surface area contributed by atoms with E-state index in [0.29, 0.717) is 18.1 Å². The Kier molecular flexibility index (Phi) is 4.21. The highest BCUT2D eigenvalue weighted by Crippen LogP contribution is 2.27. The summed E-state index contributed by atoms with van der Waals surface area (Å²) in [5, 5.41) is 2.91. The molecule has 5 nitrogen and oxygen atoms in total. The molecular formula is C20H18N2O3. The number of amides is 1. The highest BCUT2D eigenvalue weighted by Gasteiger charge is 2.22. The Bertz CT molecular complexity index is 848. The average Bonchev–Trinajstić information content (AvgIpc) is 3.27. The molecule has 126 valence electrons. The number of hydrogen-bond acceptors (Lipinski definition) is 4. The number of carbonyl (C=O) groups excluding carboxylic acids is 1. The molecule has 1 aliphatic rings. The molecule has 0 radical (unpaired) electrons. The van der Waals surface area contributed by atoms with Crippen molar-refractivity contribution in [2.75, 3.05) is 6.54 Å². The SMILES string of the molecule is O=C(Cc1coc(-c2ccccc2)n1)NC[C@H]1Cc2ccccc2O1. The Labute approximate surface area is 145 Å². The molecule has 2 aromatic carbocycles. The summed E-state index contributed by atoms with van der Waals surface area (Å²) >= 11 is 0. The number of hydrogen-bond donors (Lipinski definition) is 1. The molecule has 0 bridgehead atoms. The molecule has 1 aromatic heterocycles. The number of fused-ring (bicyclic) bond motifs is 1. The fourth-order valence-electron chi connectivity index (χ4n) is 2.92. The van der Waals surface area contributed by atoms with Crippen LogP contribution in [0.5, 0.6) is 5.75 Å². The minimum atomic E-state index is -0.0903. The predicted octanol–water partition coefficient (Wildman–Crippen LogP) is 3.00. The Balaban J connectivity index is 1.29. The van der Waals surface area contributed by atoms with Gasteiger partial charge in [0.25, 0.3) is 0 Å². The maximum atomic E-state index is 12.1. The van der Waals surface area contributed by atoms with Crippen LogP contribution in [-0.4, -0.2) is 23.5 Å². The lowest BCUT2D eigenvalue weighted by Gasteiger charge is -2.11. The smallest absolute Gasteiger partial charge is 0.226 e. The van der Waals surface area contributed by atoms with Gasteiger partial charge in [0.15, 0.2) is 0 Å². The van der Waals surface area contributed by atoms with E-state index in [1.54, 1.807) is 0 Å². The molecular weight excluding hydrogens is 316 g/mol. The largest absolute Gasteiger partial charge is 0.488 e. The second-order valence-electron chi connectivity index (χ2n) is 6.04. The van der Waals surface area contributed by atoms with Gasteiger partial charge in [0.05, 0.1) is 18.7 Å². The van der Waals surface area contributed by atoms with Crippen molar-refractivity contribution in [3.05, 3.63) is 72.1 Å². The van der Waals surface area contributed by atoms with Gasteiger partial charge in [-0.05, 0) is 23.8 Å². The molecule has 3 aromatic rings. The number of ether oxygens (including phenoxy) is 1. The number of oxazole rings is 1. The van der Waals surface area contributed by atoms with Crippen LogP contribution < -0.4 is 10.1 Å². The molecule has 4 rings (SSSR count). The molecule has 0 fully saturated rings. The molecule has 0 saturated heterocycles. The van der Waals surface area contributed by atoms with E-state index in [4.69, 9.17) is 9.15 Å². The minimum Gasteiger partial charge on any atom is -0.488 e. The van der Waals surface area contributed by atoms with Gasteiger partial charge in [0, 0.05) is 12.0 Å². The Morgan fingerprint density at radius 1 is 1.12 bits per heavy atom. The lowest BCUT2D eigenvalue weighted by molar-refractivity contribution is -0.120. The van der Waals surface area contributed by atoms with Crippen molar-refractivity contribution in [1.29, 1.82) is 0 Å². The first-order valence-electron chi connectivity index (χ1n) is 8.29. The van der Waals surface area contributed by atoms with Crippen LogP contribution in [0.3, 0.4) is 0 Å². The first kappa shape index (κ1) is 15.4. The normalized spacial score (nSPS) is 15.4. The third-order valence-corrected chi connectivity index (χ3v) is 4.15. The number of rotatable bonds is 5. The van der Waals surface area contributed by atoms with Crippen molar-refractivity contribution in [1.82, 2.24) is 10.3 Å². The topological polar surface area (TPSA) is 64.4 Å². The van der Waals surface area contributed by atoms with Crippen molar-refractivity contribution < 1.29 is 13.9 Å². The molecule has 0 saturated carbocycles. The lowest BCUT2D eigenvalue weighted by atomic mass is 10.1. The highest BCUT2D eigenvalue weighted by molar-refractivity contribution is 5.78. The van der Waals surface area contributed by atoms with Crippen LogP contribution in [0, 0.1) is 0 Å². The summed E-state index contributed by atoms with van der Waals surface area (Å²) in [7, 11) is 0. The maximum Gasteiger partial charge on any atom is 0.226 e. The average molecular weight is 334 g/mol. The molecule has 2 heterocycles. The fraction of sp³-hybridized carbons (Fsp3) is 0.200. The molecule has 5 heteroatoms. The zero-order chi connectivity index (χ0) is 17.1. The van der Waals surface area contributed by atoms with Crippen LogP contribution in [0.1, 0.15) is 11.3 Å². The molecule has 1 aliphatic heterocycles. The lowest BCUT2D eigenvalue weighted by Crippen LogP contribution is -2.35. The number of para-hydroxylation sites is 1. The van der Waals surface area contributed by atoms with E-state index in [2.05, 4.69) is 16.4 Å². The van der Waals surface area contributed by atoms with Gasteiger partial charge in [-0.25, -0.2) is 4.98 Å². The predicted molar refractivity (Wildman–Crippen MR) is 93.2 cm³/mol. The summed E-state index contributed by atoms with van der Waals surface area (Å²) in [4.78, 5) is 16.5. The summed E-state index contributed by atoms with van der Waals surface area (Å²) < 4.78 is 11.3. The number of nitrogens with one attached hydrogen (secondary N) is 1. The van der Waals surface area contributed by atoms with Gasteiger partial charge in [-0.2, -0.15) is 0 Å². The summed E-state index contributed by atoms with van der Waals surface area (Å²) in [5.74, 6) is 1.34. The van der Waals surface area contributed by atoms with E-state index in [9.17, 15) is 4.79 Å². The zero-order valence-electron chi connectivity index (χ0n) is 13.6. The number of carbonyl (C=O) groups is 1. The van der Waals surface area contributed by atoms with Crippen molar-refractivity contribution in [3.63, 3.8) is 0 Å². The summed E-state index contributed by atoms with van der Waals surface area (Å²) in [5.41, 5.74) is 2.70. The third kappa shape index (κ3) is 3.55. The Morgan fingerprint density at radius 3 is 2.76 bits per heavy atom. The Morgan fingerprint density at radius 2 is 1.92 bits per heavy atom. The van der Waals surface area contributed by atoms with Crippen molar-refractivity contribution >= 4 is 5.91 Å². The van der Waals surface area contributed by atoms with E-state index in [1.807, 2.05) is 48.5 Å². The molecule has 0 aliphatic carbocycles. The van der Waals surface area contributed by atoms with Crippen LogP contribution in [0.4, 0.5) is 0 Å². The monoisotopic (exact) mass is 334 g/mol. The van der Waals surface area contributed by atoms with Crippen molar-refractivity contribution in [3.8, 4) is 17.2 Å². The van der Waals surface area contributed by atoms with Gasteiger partial charge in [-0.3, -0.25) is 4.79 Å². The van der Waals surface area contributed by atoms with Crippen molar-refractivity contribution in [2.24, 2.45) is 0 Å². The van der Waals surface area contributed by atoms with E-state index in [0.717, 1.165) is 17.7 Å². The maximum absolute atomic E-state index is 12.1. The van der Waals surface area contributed by atoms with Crippen LogP contribution in [-0.2, 0) is 17.6 Å². The van der Waals surface area contributed by atoms with Gasteiger partial charge in [0.2, 0.25) is 11.8 Å². The molecule has 0 unspecified atom stereocenters. The third-order valence-electron chi connectivity index (χ3n) is 4.15. The quantitative estimate of drug-likeness (QED) is 0.779. The molecule has 25 heavy (non-hydrogen) atoms. The van der Waals surface area contributed by atoms with E-state index in [-0.39, 0.29) is 18.4 Å². The van der Waals surface area contributed by atoms with Crippen LogP contribution in [0.2, 0.25) is 0 Å². The van der Waals surface area contributed by atoms with Crippen LogP contribution >= 0.6 is 0 Å². The molecule has 1 N–H and O–H groups in total. The highest BCUT2D eigenvalue weighted by atomic mass is 16.5. The zero-order valence-corrected chi connectivity index (χ0v) is 13.6. The van der Waals surface area contributed by atoms with Gasteiger partial charge in [0.1, 0.15) is 18.1 Å². The summed E-state index contributed by atoms with van der Waals surface area (Å²) in [6.07, 6.45) is 2.52. The summed E-state index contributed by atoms with van der Waals surface area (Å²) in [6.45, 7) is 0.483. The van der Waals surface area contributed by atoms with E-state index in [1.165, 1.54) is 11.8 Å². The Hall–Kier alpha value is -3.08. The fourth-order valence-corrected chi connectivity index (χ4v) is 2.92. The second-order valence-corrected chi connectivity index (χ2v) is 6.04. The first-order valence-corrected chi connectivity index (χ1v) is 8.29.